The minimum atomic E-state index is -0.282. The van der Waals surface area contributed by atoms with Gasteiger partial charge in [0.25, 0.3) is 0 Å². The van der Waals surface area contributed by atoms with Crippen LogP contribution >= 0.6 is 11.6 Å². The number of halogens is 2. The molecular weight excluding hydrogens is 375 g/mol. The molecule has 4 nitrogen and oxygen atoms in total. The first kappa shape index (κ1) is 18.7. The second-order valence-electron chi connectivity index (χ2n) is 8.12. The number of aromatic amines is 1. The number of H-pyrrole nitrogens is 1. The molecule has 0 aliphatic rings. The Labute approximate surface area is 168 Å². The van der Waals surface area contributed by atoms with Gasteiger partial charge >= 0.3 is 0 Å². The molecular formula is C22H22ClFN4. The van der Waals surface area contributed by atoms with Crippen LogP contribution in [-0.2, 0) is 12.5 Å². The number of aromatic nitrogens is 4. The smallest absolute Gasteiger partial charge is 0.157 e. The van der Waals surface area contributed by atoms with E-state index in [0.717, 1.165) is 22.5 Å². The Kier molecular flexibility index (Phi) is 4.31. The lowest BCUT2D eigenvalue weighted by Crippen LogP contribution is -2.13. The van der Waals surface area contributed by atoms with Gasteiger partial charge in [-0.15, -0.1) is 0 Å². The van der Waals surface area contributed by atoms with Gasteiger partial charge in [-0.1, -0.05) is 50.6 Å². The van der Waals surface area contributed by atoms with E-state index in [0.29, 0.717) is 27.5 Å². The van der Waals surface area contributed by atoms with Crippen LogP contribution in [0, 0.1) is 12.7 Å². The van der Waals surface area contributed by atoms with E-state index >= 15 is 0 Å². The topological polar surface area (TPSA) is 46.5 Å². The van der Waals surface area contributed by atoms with Gasteiger partial charge in [0.05, 0.1) is 16.2 Å². The van der Waals surface area contributed by atoms with Crippen molar-refractivity contribution in [3.05, 3.63) is 58.5 Å². The van der Waals surface area contributed by atoms with Crippen LogP contribution in [0.15, 0.2) is 36.4 Å². The van der Waals surface area contributed by atoms with Crippen molar-refractivity contribution < 1.29 is 4.39 Å². The Morgan fingerprint density at radius 2 is 1.86 bits per heavy atom. The number of rotatable bonds is 2. The summed E-state index contributed by atoms with van der Waals surface area (Å²) in [6, 6.07) is 10.3. The van der Waals surface area contributed by atoms with Crippen LogP contribution < -0.4 is 0 Å². The van der Waals surface area contributed by atoms with Gasteiger partial charge in [-0.3, -0.25) is 4.68 Å². The molecule has 0 amide bonds. The number of hydrogen-bond acceptors (Lipinski definition) is 2. The maximum atomic E-state index is 14.2. The minimum Gasteiger partial charge on any atom is -0.337 e. The van der Waals surface area contributed by atoms with Crippen molar-refractivity contribution in [3.63, 3.8) is 0 Å². The standard InChI is InChI=1S/C22H22ClFN4/c1-12-19(28(5)27-20(12)22(2,3)4)21-25-17-11-13(10-15(23)18(17)26-21)14-8-6-7-9-16(14)24/h6-11H,1-5H3,(H,25,26). The summed E-state index contributed by atoms with van der Waals surface area (Å²) >= 11 is 6.50. The minimum absolute atomic E-state index is 0.0677. The average molecular weight is 397 g/mol. The molecule has 0 atom stereocenters. The second-order valence-corrected chi connectivity index (χ2v) is 8.52. The monoisotopic (exact) mass is 396 g/mol. The Morgan fingerprint density at radius 1 is 1.14 bits per heavy atom. The Balaban J connectivity index is 1.89. The fraction of sp³-hybridized carbons (Fsp3) is 0.273. The molecule has 2 aromatic carbocycles. The highest BCUT2D eigenvalue weighted by atomic mass is 35.5. The molecule has 0 aliphatic carbocycles. The molecule has 0 spiro atoms. The third-order valence-corrected chi connectivity index (χ3v) is 5.23. The molecule has 0 bridgehead atoms. The Bertz CT molecular complexity index is 1200. The Morgan fingerprint density at radius 3 is 2.50 bits per heavy atom. The van der Waals surface area contributed by atoms with Crippen molar-refractivity contribution in [2.24, 2.45) is 7.05 Å². The average Bonchev–Trinajstić information content (AvgIpc) is 3.15. The molecule has 4 aromatic rings. The third-order valence-electron chi connectivity index (χ3n) is 4.94. The third kappa shape index (κ3) is 3.00. The zero-order valence-electron chi connectivity index (χ0n) is 16.6. The van der Waals surface area contributed by atoms with Crippen LogP contribution in [0.1, 0.15) is 32.0 Å². The second kappa shape index (κ2) is 6.45. The van der Waals surface area contributed by atoms with Gasteiger partial charge in [-0.25, -0.2) is 9.37 Å². The number of fused-ring (bicyclic) bond motifs is 1. The first-order valence-corrected chi connectivity index (χ1v) is 9.53. The van der Waals surface area contributed by atoms with Crippen molar-refractivity contribution in [2.45, 2.75) is 33.1 Å². The van der Waals surface area contributed by atoms with Crippen molar-refractivity contribution in [1.82, 2.24) is 19.7 Å². The van der Waals surface area contributed by atoms with Crippen molar-refractivity contribution in [3.8, 4) is 22.6 Å². The number of aryl methyl sites for hydroxylation is 1. The molecule has 144 valence electrons. The van der Waals surface area contributed by atoms with E-state index in [1.807, 2.05) is 23.9 Å². The van der Waals surface area contributed by atoms with Crippen LogP contribution in [0.2, 0.25) is 5.02 Å². The van der Waals surface area contributed by atoms with Crippen LogP contribution in [0.25, 0.3) is 33.7 Å². The normalized spacial score (nSPS) is 12.1. The highest BCUT2D eigenvalue weighted by Crippen LogP contribution is 2.35. The molecule has 0 aliphatic heterocycles. The molecule has 0 radical (unpaired) electrons. The number of imidazole rings is 1. The quantitative estimate of drug-likeness (QED) is 0.449. The number of nitrogens with one attached hydrogen (secondary N) is 1. The van der Waals surface area contributed by atoms with Gasteiger partial charge in [-0.2, -0.15) is 5.10 Å². The molecule has 6 heteroatoms. The van der Waals surface area contributed by atoms with E-state index in [4.69, 9.17) is 21.7 Å². The molecule has 4 rings (SSSR count). The Hall–Kier alpha value is -2.66. The molecule has 0 saturated carbocycles. The molecule has 0 fully saturated rings. The zero-order chi connectivity index (χ0) is 20.2. The summed E-state index contributed by atoms with van der Waals surface area (Å²) < 4.78 is 16.1. The van der Waals surface area contributed by atoms with Crippen molar-refractivity contribution in [2.75, 3.05) is 0 Å². The van der Waals surface area contributed by atoms with E-state index in [9.17, 15) is 4.39 Å². The van der Waals surface area contributed by atoms with E-state index in [2.05, 4.69) is 32.7 Å². The van der Waals surface area contributed by atoms with Gasteiger partial charge in [0, 0.05) is 23.6 Å². The van der Waals surface area contributed by atoms with Gasteiger partial charge in [0.2, 0.25) is 0 Å². The van der Waals surface area contributed by atoms with Gasteiger partial charge in [0.15, 0.2) is 5.82 Å². The first-order valence-electron chi connectivity index (χ1n) is 9.15. The molecule has 1 N–H and O–H groups in total. The molecule has 2 heterocycles. The van der Waals surface area contributed by atoms with E-state index in [1.54, 1.807) is 18.2 Å². The summed E-state index contributed by atoms with van der Waals surface area (Å²) in [6.45, 7) is 8.48. The lowest BCUT2D eigenvalue weighted by atomic mass is 9.89. The molecule has 28 heavy (non-hydrogen) atoms. The summed E-state index contributed by atoms with van der Waals surface area (Å²) in [6.07, 6.45) is 0. The fourth-order valence-electron chi connectivity index (χ4n) is 3.71. The number of nitrogens with zero attached hydrogens (tertiary/aromatic N) is 3. The summed E-state index contributed by atoms with van der Waals surface area (Å²) in [4.78, 5) is 8.06. The number of benzene rings is 2. The van der Waals surface area contributed by atoms with Crippen LogP contribution in [0.3, 0.4) is 0 Å². The summed E-state index contributed by atoms with van der Waals surface area (Å²) in [5.74, 6) is 0.417. The van der Waals surface area contributed by atoms with Crippen molar-refractivity contribution in [1.29, 1.82) is 0 Å². The zero-order valence-corrected chi connectivity index (χ0v) is 17.3. The predicted molar refractivity (Wildman–Crippen MR) is 112 cm³/mol. The summed E-state index contributed by atoms with van der Waals surface area (Å²) in [5.41, 5.74) is 5.61. The molecule has 0 saturated heterocycles. The first-order chi connectivity index (χ1) is 13.2. The summed E-state index contributed by atoms with van der Waals surface area (Å²) in [5, 5.41) is 5.18. The summed E-state index contributed by atoms with van der Waals surface area (Å²) in [7, 11) is 1.91. The van der Waals surface area contributed by atoms with E-state index in [1.165, 1.54) is 6.07 Å². The van der Waals surface area contributed by atoms with Gasteiger partial charge in [0.1, 0.15) is 17.0 Å². The van der Waals surface area contributed by atoms with Crippen molar-refractivity contribution >= 4 is 22.6 Å². The predicted octanol–water partition coefficient (Wildman–Crippen LogP) is 6.03. The largest absolute Gasteiger partial charge is 0.337 e. The SMILES string of the molecule is Cc1c(C(C)(C)C)nn(C)c1-c1nc2c(Cl)cc(-c3ccccc3F)cc2[nH]1. The van der Waals surface area contributed by atoms with Crippen LogP contribution in [0.4, 0.5) is 4.39 Å². The van der Waals surface area contributed by atoms with E-state index in [-0.39, 0.29) is 11.2 Å². The highest BCUT2D eigenvalue weighted by Gasteiger charge is 2.25. The van der Waals surface area contributed by atoms with Gasteiger partial charge < -0.3 is 4.98 Å². The number of hydrogen-bond donors (Lipinski definition) is 1. The molecule has 2 aromatic heterocycles. The van der Waals surface area contributed by atoms with Gasteiger partial charge in [-0.05, 0) is 30.7 Å². The van der Waals surface area contributed by atoms with Crippen LogP contribution in [0.5, 0.6) is 0 Å². The molecule has 0 unspecified atom stereocenters. The lowest BCUT2D eigenvalue weighted by Gasteiger charge is -2.16. The maximum Gasteiger partial charge on any atom is 0.157 e. The van der Waals surface area contributed by atoms with E-state index < -0.39 is 0 Å². The highest BCUT2D eigenvalue weighted by molar-refractivity contribution is 6.35. The van der Waals surface area contributed by atoms with Crippen LogP contribution in [-0.4, -0.2) is 19.7 Å². The lowest BCUT2D eigenvalue weighted by molar-refractivity contribution is 0.550. The maximum absolute atomic E-state index is 14.2. The fourth-order valence-corrected chi connectivity index (χ4v) is 3.97.